The highest BCUT2D eigenvalue weighted by Crippen LogP contribution is 2.16. The minimum Gasteiger partial charge on any atom is -0.401 e. The Bertz CT molecular complexity index is 364. The van der Waals surface area contributed by atoms with Gasteiger partial charge in [0.15, 0.2) is 11.1 Å². The van der Waals surface area contributed by atoms with Gasteiger partial charge in [0.1, 0.15) is 5.75 Å². The van der Waals surface area contributed by atoms with Crippen molar-refractivity contribution >= 4 is 22.2 Å². The average Bonchev–Trinajstić information content (AvgIpc) is 2.16. The van der Waals surface area contributed by atoms with Gasteiger partial charge >= 0.3 is 0 Å². The van der Waals surface area contributed by atoms with Crippen molar-refractivity contribution in [2.75, 3.05) is 13.4 Å². The molecule has 0 saturated heterocycles. The molecule has 2 unspecified atom stereocenters. The third-order valence-electron chi connectivity index (χ3n) is 1.36. The Morgan fingerprint density at radius 2 is 2.00 bits per heavy atom. The molecule has 1 rings (SSSR count). The molecule has 78 valence electrons. The van der Waals surface area contributed by atoms with Crippen molar-refractivity contribution in [3.05, 3.63) is 24.3 Å². The molecule has 0 aromatic heterocycles. The highest BCUT2D eigenvalue weighted by atomic mass is 32.2. The van der Waals surface area contributed by atoms with E-state index in [4.69, 9.17) is 4.18 Å². The van der Waals surface area contributed by atoms with Gasteiger partial charge in [0.25, 0.3) is 0 Å². The molecule has 0 radical (unpaired) electrons. The standard InChI is InChI=1S/C8H10O4S2/c1-11-14(10)8-5-3-4-7(6-8)12-13(2)9/h3-6H,1-2H3. The molecular formula is C8H10O4S2. The molecule has 0 aliphatic carbocycles. The molecule has 0 spiro atoms. The van der Waals surface area contributed by atoms with Crippen molar-refractivity contribution in [3.8, 4) is 5.75 Å². The van der Waals surface area contributed by atoms with Crippen LogP contribution in [0.5, 0.6) is 5.75 Å². The Morgan fingerprint density at radius 3 is 2.57 bits per heavy atom. The molecular weight excluding hydrogens is 224 g/mol. The Morgan fingerprint density at radius 1 is 1.29 bits per heavy atom. The summed E-state index contributed by atoms with van der Waals surface area (Å²) in [5.41, 5.74) is 0. The van der Waals surface area contributed by atoms with E-state index < -0.39 is 22.2 Å². The molecule has 0 bridgehead atoms. The number of benzene rings is 1. The normalized spacial score (nSPS) is 14.7. The fourth-order valence-corrected chi connectivity index (χ4v) is 1.83. The number of hydrogen-bond acceptors (Lipinski definition) is 4. The van der Waals surface area contributed by atoms with Gasteiger partial charge in [0, 0.05) is 12.3 Å². The van der Waals surface area contributed by atoms with Gasteiger partial charge in [-0.3, -0.25) is 4.18 Å². The van der Waals surface area contributed by atoms with Crippen LogP contribution >= 0.6 is 0 Å². The maximum absolute atomic E-state index is 11.2. The lowest BCUT2D eigenvalue weighted by molar-refractivity contribution is 0.445. The average molecular weight is 234 g/mol. The summed E-state index contributed by atoms with van der Waals surface area (Å²) in [5, 5.41) is 0. The largest absolute Gasteiger partial charge is 0.401 e. The molecule has 14 heavy (non-hydrogen) atoms. The first kappa shape index (κ1) is 11.4. The smallest absolute Gasteiger partial charge is 0.203 e. The van der Waals surface area contributed by atoms with Crippen LogP contribution in [0.1, 0.15) is 0 Å². The first-order valence-electron chi connectivity index (χ1n) is 3.71. The lowest BCUT2D eigenvalue weighted by Gasteiger charge is -2.03. The van der Waals surface area contributed by atoms with Crippen LogP contribution in [0.25, 0.3) is 0 Å². The molecule has 0 aliphatic heterocycles. The summed E-state index contributed by atoms with van der Waals surface area (Å²) in [7, 11) is 1.35. The van der Waals surface area contributed by atoms with Crippen molar-refractivity contribution < 1.29 is 16.8 Å². The quantitative estimate of drug-likeness (QED) is 0.780. The SMILES string of the molecule is COS(=O)c1cccc(OS(C)=O)c1. The van der Waals surface area contributed by atoms with Crippen LogP contribution in [-0.2, 0) is 26.3 Å². The Balaban J connectivity index is 2.89. The summed E-state index contributed by atoms with van der Waals surface area (Å²) < 4.78 is 31.5. The van der Waals surface area contributed by atoms with Crippen LogP contribution in [0.15, 0.2) is 29.2 Å². The maximum Gasteiger partial charge on any atom is 0.203 e. The van der Waals surface area contributed by atoms with Gasteiger partial charge < -0.3 is 4.18 Å². The lowest BCUT2D eigenvalue weighted by atomic mass is 10.3. The maximum atomic E-state index is 11.2. The molecule has 0 N–H and O–H groups in total. The third-order valence-corrected chi connectivity index (χ3v) is 2.73. The van der Waals surface area contributed by atoms with E-state index in [0.717, 1.165) is 0 Å². The van der Waals surface area contributed by atoms with Gasteiger partial charge in [0.2, 0.25) is 11.1 Å². The van der Waals surface area contributed by atoms with Crippen LogP contribution < -0.4 is 4.18 Å². The van der Waals surface area contributed by atoms with Gasteiger partial charge in [-0.15, -0.1) is 0 Å². The molecule has 0 saturated carbocycles. The number of rotatable bonds is 4. The van der Waals surface area contributed by atoms with Crippen molar-refractivity contribution in [3.63, 3.8) is 0 Å². The van der Waals surface area contributed by atoms with Crippen molar-refractivity contribution in [1.82, 2.24) is 0 Å². The van der Waals surface area contributed by atoms with Gasteiger partial charge in [0.05, 0.1) is 12.0 Å². The molecule has 0 amide bonds. The first-order chi connectivity index (χ1) is 6.63. The molecule has 4 nitrogen and oxygen atoms in total. The third kappa shape index (κ3) is 3.21. The molecule has 0 heterocycles. The second-order valence-electron chi connectivity index (χ2n) is 2.36. The van der Waals surface area contributed by atoms with Crippen LogP contribution in [0.2, 0.25) is 0 Å². The van der Waals surface area contributed by atoms with Crippen molar-refractivity contribution in [2.24, 2.45) is 0 Å². The number of hydrogen-bond donors (Lipinski definition) is 0. The van der Waals surface area contributed by atoms with E-state index in [1.165, 1.54) is 19.4 Å². The van der Waals surface area contributed by atoms with Gasteiger partial charge in [-0.25, -0.2) is 8.42 Å². The Labute approximate surface area is 87.6 Å². The Hall–Kier alpha value is -0.720. The molecule has 1 aromatic carbocycles. The molecule has 1 aromatic rings. The molecule has 2 atom stereocenters. The van der Waals surface area contributed by atoms with Crippen LogP contribution in [0.4, 0.5) is 0 Å². The van der Waals surface area contributed by atoms with Crippen molar-refractivity contribution in [2.45, 2.75) is 4.90 Å². The Kier molecular flexibility index (Phi) is 4.24. The second kappa shape index (κ2) is 5.23. The predicted octanol–water partition coefficient (Wildman–Crippen LogP) is 1.03. The van der Waals surface area contributed by atoms with Gasteiger partial charge in [-0.05, 0) is 12.1 Å². The molecule has 6 heteroatoms. The lowest BCUT2D eigenvalue weighted by Crippen LogP contribution is -1.98. The van der Waals surface area contributed by atoms with E-state index in [0.29, 0.717) is 10.6 Å². The minimum atomic E-state index is -1.49. The zero-order valence-corrected chi connectivity index (χ0v) is 9.39. The van der Waals surface area contributed by atoms with Gasteiger partial charge in [-0.1, -0.05) is 6.07 Å². The first-order valence-corrected chi connectivity index (χ1v) is 6.27. The van der Waals surface area contributed by atoms with Crippen molar-refractivity contribution in [1.29, 1.82) is 0 Å². The van der Waals surface area contributed by atoms with E-state index in [2.05, 4.69) is 4.18 Å². The van der Waals surface area contributed by atoms with E-state index in [1.54, 1.807) is 18.2 Å². The van der Waals surface area contributed by atoms with Crippen LogP contribution in [0.3, 0.4) is 0 Å². The summed E-state index contributed by atoms with van der Waals surface area (Å²) in [5.74, 6) is 0.411. The van der Waals surface area contributed by atoms with E-state index in [1.807, 2.05) is 0 Å². The van der Waals surface area contributed by atoms with E-state index in [-0.39, 0.29) is 0 Å². The molecule has 0 fully saturated rings. The summed E-state index contributed by atoms with van der Waals surface area (Å²) in [6.07, 6.45) is 1.42. The summed E-state index contributed by atoms with van der Waals surface area (Å²) >= 11 is -2.87. The summed E-state index contributed by atoms with van der Waals surface area (Å²) in [6.45, 7) is 0. The van der Waals surface area contributed by atoms with E-state index >= 15 is 0 Å². The summed E-state index contributed by atoms with van der Waals surface area (Å²) in [4.78, 5) is 0.482. The predicted molar refractivity (Wildman–Crippen MR) is 54.6 cm³/mol. The van der Waals surface area contributed by atoms with Crippen LogP contribution in [-0.4, -0.2) is 21.8 Å². The fraction of sp³-hybridized carbons (Fsp3) is 0.250. The monoisotopic (exact) mass is 234 g/mol. The zero-order valence-electron chi connectivity index (χ0n) is 7.76. The molecule has 0 aliphatic rings. The highest BCUT2D eigenvalue weighted by molar-refractivity contribution is 7.80. The summed E-state index contributed by atoms with van der Waals surface area (Å²) in [6, 6.07) is 6.47. The fourth-order valence-electron chi connectivity index (χ4n) is 0.861. The minimum absolute atomic E-state index is 0.411. The zero-order chi connectivity index (χ0) is 10.6. The second-order valence-corrected chi connectivity index (χ2v) is 4.60. The van der Waals surface area contributed by atoms with Crippen LogP contribution in [0, 0.1) is 0 Å². The topological polar surface area (TPSA) is 52.6 Å². The van der Waals surface area contributed by atoms with Gasteiger partial charge in [-0.2, -0.15) is 0 Å². The highest BCUT2D eigenvalue weighted by Gasteiger charge is 2.04. The van der Waals surface area contributed by atoms with E-state index in [9.17, 15) is 8.42 Å².